The van der Waals surface area contributed by atoms with Crippen LogP contribution in [0.15, 0.2) is 59.3 Å². The lowest BCUT2D eigenvalue weighted by atomic mass is 9.95. The fourth-order valence-corrected chi connectivity index (χ4v) is 5.84. The van der Waals surface area contributed by atoms with Crippen molar-refractivity contribution in [2.24, 2.45) is 0 Å². The van der Waals surface area contributed by atoms with Gasteiger partial charge in [0.15, 0.2) is 0 Å². The number of nitrogens with zero attached hydrogens (tertiary/aromatic N) is 1. The minimum Gasteiger partial charge on any atom is -0.465 e. The van der Waals surface area contributed by atoms with Crippen molar-refractivity contribution in [1.82, 2.24) is 5.32 Å². The number of esters is 1. The second-order valence-corrected chi connectivity index (χ2v) is 10.3. The quantitative estimate of drug-likeness (QED) is 0.426. The Hall–Kier alpha value is -2.97. The van der Waals surface area contributed by atoms with Gasteiger partial charge in [-0.05, 0) is 53.9 Å². The standard InChI is InChI=1S/C26H28N2O4S2/c1-32-26(31)18-8-5-11-20(16-18)28(23(29)17-21-12-6-14-33-21)24(22-13-7-15-34-22)25(30)27-19-9-3-2-4-10-19/h5-8,11-16,19,24H,2-4,9-10,17H2,1H3,(H,27,30). The molecular formula is C26H28N2O4S2. The molecule has 3 aromatic rings. The van der Waals surface area contributed by atoms with Gasteiger partial charge >= 0.3 is 5.97 Å². The van der Waals surface area contributed by atoms with Gasteiger partial charge in [0.2, 0.25) is 11.8 Å². The number of carbonyl (C=O) groups is 3. The monoisotopic (exact) mass is 496 g/mol. The second kappa shape index (κ2) is 11.4. The van der Waals surface area contributed by atoms with E-state index < -0.39 is 12.0 Å². The number of benzene rings is 1. The van der Waals surface area contributed by atoms with Crippen LogP contribution in [0.3, 0.4) is 0 Å². The number of amides is 2. The van der Waals surface area contributed by atoms with Gasteiger partial charge in [-0.1, -0.05) is 37.5 Å². The van der Waals surface area contributed by atoms with Crippen LogP contribution >= 0.6 is 22.7 Å². The lowest BCUT2D eigenvalue weighted by molar-refractivity contribution is -0.127. The van der Waals surface area contributed by atoms with Gasteiger partial charge in [-0.25, -0.2) is 4.79 Å². The third kappa shape index (κ3) is 5.74. The van der Waals surface area contributed by atoms with Crippen molar-refractivity contribution < 1.29 is 19.1 Å². The number of carbonyl (C=O) groups excluding carboxylic acids is 3. The fraction of sp³-hybridized carbons (Fsp3) is 0.346. The van der Waals surface area contributed by atoms with Gasteiger partial charge in [-0.3, -0.25) is 14.5 Å². The summed E-state index contributed by atoms with van der Waals surface area (Å²) in [5.41, 5.74) is 0.813. The van der Waals surface area contributed by atoms with Crippen LogP contribution in [0.4, 0.5) is 5.69 Å². The maximum Gasteiger partial charge on any atom is 0.337 e. The molecule has 0 saturated heterocycles. The van der Waals surface area contributed by atoms with E-state index >= 15 is 0 Å². The SMILES string of the molecule is COC(=O)c1cccc(N(C(=O)Cc2cccs2)C(C(=O)NC2CCCCC2)c2cccs2)c1. The first-order chi connectivity index (χ1) is 16.6. The highest BCUT2D eigenvalue weighted by Gasteiger charge is 2.35. The summed E-state index contributed by atoms with van der Waals surface area (Å²) >= 11 is 2.94. The molecule has 4 rings (SSSR count). The van der Waals surface area contributed by atoms with Crippen LogP contribution in [0.1, 0.15) is 58.3 Å². The zero-order chi connectivity index (χ0) is 23.9. The fourth-order valence-electron chi connectivity index (χ4n) is 4.33. The summed E-state index contributed by atoms with van der Waals surface area (Å²) in [7, 11) is 1.32. The molecule has 1 fully saturated rings. The molecule has 0 spiro atoms. The topological polar surface area (TPSA) is 75.7 Å². The average Bonchev–Trinajstić information content (AvgIpc) is 3.57. The Morgan fingerprint density at radius 2 is 1.79 bits per heavy atom. The van der Waals surface area contributed by atoms with E-state index in [1.54, 1.807) is 24.3 Å². The van der Waals surface area contributed by atoms with Gasteiger partial charge < -0.3 is 10.1 Å². The van der Waals surface area contributed by atoms with Crippen molar-refractivity contribution >= 4 is 46.1 Å². The molecule has 1 aromatic carbocycles. The van der Waals surface area contributed by atoms with Gasteiger partial charge in [-0.15, -0.1) is 22.7 Å². The van der Waals surface area contributed by atoms with Gasteiger partial charge in [0.1, 0.15) is 6.04 Å². The van der Waals surface area contributed by atoms with Crippen molar-refractivity contribution in [3.8, 4) is 0 Å². The number of thiophene rings is 2. The first-order valence-corrected chi connectivity index (χ1v) is 13.2. The number of nitrogens with one attached hydrogen (secondary N) is 1. The first-order valence-electron chi connectivity index (χ1n) is 11.4. The second-order valence-electron chi connectivity index (χ2n) is 8.32. The van der Waals surface area contributed by atoms with Crippen molar-refractivity contribution in [1.29, 1.82) is 0 Å². The summed E-state index contributed by atoms with van der Waals surface area (Å²) in [6.45, 7) is 0. The number of methoxy groups -OCH3 is 1. The molecular weight excluding hydrogens is 468 g/mol. The Morgan fingerprint density at radius 3 is 2.47 bits per heavy atom. The molecule has 2 heterocycles. The zero-order valence-electron chi connectivity index (χ0n) is 19.1. The molecule has 0 aliphatic heterocycles. The van der Waals surface area contributed by atoms with Crippen LogP contribution in [0.25, 0.3) is 0 Å². The van der Waals surface area contributed by atoms with Gasteiger partial charge in [-0.2, -0.15) is 0 Å². The first kappa shape index (κ1) is 24.2. The highest BCUT2D eigenvalue weighted by molar-refractivity contribution is 7.10. The van der Waals surface area contributed by atoms with Crippen LogP contribution in [0.2, 0.25) is 0 Å². The molecule has 0 radical (unpaired) electrons. The summed E-state index contributed by atoms with van der Waals surface area (Å²) in [5, 5.41) is 7.04. The minimum absolute atomic E-state index is 0.111. The normalized spacial score (nSPS) is 14.9. The lowest BCUT2D eigenvalue weighted by Crippen LogP contribution is -2.47. The largest absolute Gasteiger partial charge is 0.465 e. The third-order valence-corrected chi connectivity index (χ3v) is 7.79. The summed E-state index contributed by atoms with van der Waals surface area (Å²) in [4.78, 5) is 42.9. The smallest absolute Gasteiger partial charge is 0.337 e. The van der Waals surface area contributed by atoms with E-state index in [-0.39, 0.29) is 24.3 Å². The van der Waals surface area contributed by atoms with Crippen LogP contribution in [0.5, 0.6) is 0 Å². The highest BCUT2D eigenvalue weighted by Crippen LogP contribution is 2.33. The van der Waals surface area contributed by atoms with Gasteiger partial charge in [0.25, 0.3) is 0 Å². The van der Waals surface area contributed by atoms with Gasteiger partial charge in [0.05, 0.1) is 19.1 Å². The summed E-state index contributed by atoms with van der Waals surface area (Å²) in [5.74, 6) is -0.897. The van der Waals surface area contributed by atoms with Crippen LogP contribution < -0.4 is 10.2 Å². The maximum absolute atomic E-state index is 13.7. The van der Waals surface area contributed by atoms with Gasteiger partial charge in [0, 0.05) is 21.5 Å². The third-order valence-electron chi connectivity index (χ3n) is 5.99. The van der Waals surface area contributed by atoms with Crippen molar-refractivity contribution in [2.75, 3.05) is 12.0 Å². The number of rotatable bonds is 8. The molecule has 8 heteroatoms. The average molecular weight is 497 g/mol. The Labute approximate surface area is 207 Å². The van der Waals surface area contributed by atoms with E-state index in [4.69, 9.17) is 4.74 Å². The van der Waals surface area contributed by atoms with Crippen LogP contribution in [-0.4, -0.2) is 30.9 Å². The minimum atomic E-state index is -0.831. The van der Waals surface area contributed by atoms with E-state index in [9.17, 15) is 14.4 Å². The maximum atomic E-state index is 13.7. The van der Waals surface area contributed by atoms with E-state index in [0.717, 1.165) is 35.4 Å². The molecule has 34 heavy (non-hydrogen) atoms. The molecule has 1 atom stereocenters. The van der Waals surface area contributed by atoms with Crippen molar-refractivity contribution in [2.45, 2.75) is 50.6 Å². The molecule has 6 nitrogen and oxygen atoms in total. The Bertz CT molecular complexity index is 1110. The molecule has 0 bridgehead atoms. The predicted molar refractivity (Wildman–Crippen MR) is 135 cm³/mol. The van der Waals surface area contributed by atoms with E-state index in [0.29, 0.717) is 11.3 Å². The Morgan fingerprint density at radius 1 is 1.03 bits per heavy atom. The number of anilines is 1. The van der Waals surface area contributed by atoms with Crippen LogP contribution in [-0.2, 0) is 20.7 Å². The molecule has 1 saturated carbocycles. The number of hydrogen-bond donors (Lipinski definition) is 1. The van der Waals surface area contributed by atoms with Crippen molar-refractivity contribution in [3.05, 3.63) is 74.6 Å². The van der Waals surface area contributed by atoms with E-state index in [1.165, 1.54) is 41.1 Å². The lowest BCUT2D eigenvalue weighted by Gasteiger charge is -2.33. The highest BCUT2D eigenvalue weighted by atomic mass is 32.1. The molecule has 1 N–H and O–H groups in total. The van der Waals surface area contributed by atoms with Crippen molar-refractivity contribution in [3.63, 3.8) is 0 Å². The Balaban J connectivity index is 1.74. The molecule has 178 valence electrons. The Kier molecular flexibility index (Phi) is 8.13. The molecule has 2 aromatic heterocycles. The summed E-state index contributed by atoms with van der Waals surface area (Å²) < 4.78 is 4.88. The number of ether oxygens (including phenoxy) is 1. The van der Waals surface area contributed by atoms with E-state index in [1.807, 2.05) is 35.0 Å². The molecule has 1 aliphatic carbocycles. The van der Waals surface area contributed by atoms with E-state index in [2.05, 4.69) is 5.32 Å². The summed E-state index contributed by atoms with van der Waals surface area (Å²) in [6.07, 6.45) is 5.44. The predicted octanol–water partition coefficient (Wildman–Crippen LogP) is 5.36. The van der Waals surface area contributed by atoms with Crippen LogP contribution in [0, 0.1) is 0 Å². The molecule has 1 aliphatic rings. The molecule has 2 amide bonds. The zero-order valence-corrected chi connectivity index (χ0v) is 20.7. The molecule has 1 unspecified atom stereocenters. The number of hydrogen-bond acceptors (Lipinski definition) is 6. The summed E-state index contributed by atoms with van der Waals surface area (Å²) in [6, 6.07) is 13.6.